The molecule has 1 rings (SSSR count). The van der Waals surface area contributed by atoms with Gasteiger partial charge in [-0.25, -0.2) is 0 Å². The van der Waals surface area contributed by atoms with Crippen LogP contribution in [0.25, 0.3) is 0 Å². The molecule has 0 bridgehead atoms. The van der Waals surface area contributed by atoms with Crippen molar-refractivity contribution < 1.29 is 9.21 Å². The van der Waals surface area contributed by atoms with Gasteiger partial charge in [0.25, 0.3) is 0 Å². The Morgan fingerprint density at radius 2 is 2.54 bits per heavy atom. The van der Waals surface area contributed by atoms with Crippen LogP contribution in [0.4, 0.5) is 0 Å². The fourth-order valence-corrected chi connectivity index (χ4v) is 1.26. The average Bonchev–Trinajstić information content (AvgIpc) is 2.66. The molecule has 0 saturated heterocycles. The molecule has 0 aromatic carbocycles. The van der Waals surface area contributed by atoms with E-state index in [1.807, 2.05) is 19.1 Å². The third kappa shape index (κ3) is 2.88. The topological polar surface area (TPSA) is 42.2 Å². The van der Waals surface area contributed by atoms with Crippen LogP contribution in [0, 0.1) is 0 Å². The van der Waals surface area contributed by atoms with Crippen LogP contribution in [-0.4, -0.2) is 11.2 Å². The first-order valence-corrected chi connectivity index (χ1v) is 5.28. The number of rotatable bonds is 4. The van der Waals surface area contributed by atoms with Gasteiger partial charge in [-0.2, -0.15) is 0 Å². The second-order valence-corrected chi connectivity index (χ2v) is 3.24. The third-order valence-electron chi connectivity index (χ3n) is 1.75. The number of carbonyl (C=O) groups excluding carboxylic acids is 1. The number of alkyl halides is 1. The average molecular weight is 246 g/mol. The van der Waals surface area contributed by atoms with E-state index in [2.05, 4.69) is 21.2 Å². The summed E-state index contributed by atoms with van der Waals surface area (Å²) >= 11 is 3.09. The van der Waals surface area contributed by atoms with Crippen molar-refractivity contribution in [2.75, 3.05) is 5.33 Å². The molecule has 1 N–H and O–H groups in total. The Labute approximate surface area is 85.6 Å². The van der Waals surface area contributed by atoms with Crippen molar-refractivity contribution in [2.24, 2.45) is 0 Å². The highest BCUT2D eigenvalue weighted by Crippen LogP contribution is 2.16. The van der Waals surface area contributed by atoms with E-state index in [0.717, 1.165) is 12.2 Å². The molecule has 1 amide bonds. The van der Waals surface area contributed by atoms with E-state index in [1.54, 1.807) is 6.26 Å². The summed E-state index contributed by atoms with van der Waals surface area (Å²) in [5.74, 6) is 0.778. The van der Waals surface area contributed by atoms with E-state index in [9.17, 15) is 4.79 Å². The van der Waals surface area contributed by atoms with E-state index in [0.29, 0.717) is 5.33 Å². The lowest BCUT2D eigenvalue weighted by Crippen LogP contribution is -2.28. The maximum atomic E-state index is 11.1. The maximum Gasteiger partial charge on any atom is 0.231 e. The molecule has 3 nitrogen and oxygen atoms in total. The summed E-state index contributed by atoms with van der Waals surface area (Å²) in [5, 5.41) is 3.16. The molecule has 1 heterocycles. The summed E-state index contributed by atoms with van der Waals surface area (Å²) in [6.07, 6.45) is 2.44. The molecule has 13 heavy (non-hydrogen) atoms. The highest BCUT2D eigenvalue weighted by atomic mass is 79.9. The van der Waals surface area contributed by atoms with Gasteiger partial charge in [0.15, 0.2) is 0 Å². The molecule has 0 aliphatic rings. The molecule has 72 valence electrons. The Balaban J connectivity index is 2.58. The van der Waals surface area contributed by atoms with Gasteiger partial charge in [0, 0.05) is 0 Å². The molecule has 1 atom stereocenters. The van der Waals surface area contributed by atoms with E-state index in [1.165, 1.54) is 0 Å². The molecule has 1 aromatic heterocycles. The van der Waals surface area contributed by atoms with Crippen LogP contribution in [-0.2, 0) is 4.79 Å². The minimum Gasteiger partial charge on any atom is -0.467 e. The first-order valence-electron chi connectivity index (χ1n) is 4.16. The van der Waals surface area contributed by atoms with Crippen molar-refractivity contribution in [2.45, 2.75) is 19.4 Å². The summed E-state index contributed by atoms with van der Waals surface area (Å²) in [7, 11) is 0. The fourth-order valence-electron chi connectivity index (χ4n) is 1.10. The van der Waals surface area contributed by atoms with Crippen molar-refractivity contribution in [3.8, 4) is 0 Å². The van der Waals surface area contributed by atoms with E-state index in [-0.39, 0.29) is 11.9 Å². The number of halogens is 1. The molecule has 4 heteroatoms. The highest BCUT2D eigenvalue weighted by Gasteiger charge is 2.13. The van der Waals surface area contributed by atoms with Gasteiger partial charge in [-0.1, -0.05) is 22.9 Å². The van der Waals surface area contributed by atoms with E-state index >= 15 is 0 Å². The van der Waals surface area contributed by atoms with Crippen molar-refractivity contribution in [3.63, 3.8) is 0 Å². The Morgan fingerprint density at radius 3 is 3.00 bits per heavy atom. The van der Waals surface area contributed by atoms with Crippen molar-refractivity contribution in [1.29, 1.82) is 0 Å². The zero-order chi connectivity index (χ0) is 9.68. The van der Waals surface area contributed by atoms with Crippen LogP contribution in [0.5, 0.6) is 0 Å². The van der Waals surface area contributed by atoms with Crippen LogP contribution in [0.3, 0.4) is 0 Å². The lowest BCUT2D eigenvalue weighted by atomic mass is 10.2. The molecule has 0 fully saturated rings. The lowest BCUT2D eigenvalue weighted by Gasteiger charge is -2.13. The number of furan rings is 1. The third-order valence-corrected chi connectivity index (χ3v) is 2.26. The highest BCUT2D eigenvalue weighted by molar-refractivity contribution is 9.09. The molecule has 0 aliphatic carbocycles. The number of hydrogen-bond donors (Lipinski definition) is 1. The number of carbonyl (C=O) groups is 1. The van der Waals surface area contributed by atoms with Crippen LogP contribution < -0.4 is 5.32 Å². The first kappa shape index (κ1) is 10.3. The molecule has 0 radical (unpaired) electrons. The zero-order valence-electron chi connectivity index (χ0n) is 7.42. The second kappa shape index (κ2) is 5.07. The van der Waals surface area contributed by atoms with Gasteiger partial charge in [0.1, 0.15) is 5.76 Å². The van der Waals surface area contributed by atoms with Crippen LogP contribution in [0.1, 0.15) is 25.1 Å². The van der Waals surface area contributed by atoms with Gasteiger partial charge in [-0.15, -0.1) is 0 Å². The SMILES string of the molecule is CCC(NC(=O)CBr)c1ccco1. The van der Waals surface area contributed by atoms with Gasteiger partial charge < -0.3 is 9.73 Å². The Hall–Kier alpha value is -0.770. The molecule has 0 spiro atoms. The fraction of sp³-hybridized carbons (Fsp3) is 0.444. The minimum atomic E-state index is -0.0248. The normalized spacial score (nSPS) is 12.5. The second-order valence-electron chi connectivity index (χ2n) is 2.68. The van der Waals surface area contributed by atoms with E-state index in [4.69, 9.17) is 4.42 Å². The van der Waals surface area contributed by atoms with E-state index < -0.39 is 0 Å². The molecule has 1 unspecified atom stereocenters. The predicted molar refractivity (Wildman–Crippen MR) is 53.7 cm³/mol. The summed E-state index contributed by atoms with van der Waals surface area (Å²) in [6.45, 7) is 2.00. The van der Waals surface area contributed by atoms with Gasteiger partial charge in [-0.3, -0.25) is 4.79 Å². The van der Waals surface area contributed by atoms with Crippen LogP contribution in [0.15, 0.2) is 22.8 Å². The predicted octanol–water partition coefficient (Wildman–Crippen LogP) is 2.24. The van der Waals surface area contributed by atoms with Gasteiger partial charge in [0.05, 0.1) is 17.6 Å². The number of hydrogen-bond acceptors (Lipinski definition) is 2. The molecular formula is C9H12BrNO2. The smallest absolute Gasteiger partial charge is 0.231 e. The molecular weight excluding hydrogens is 234 g/mol. The summed E-state index contributed by atoms with van der Waals surface area (Å²) in [4.78, 5) is 11.1. The summed E-state index contributed by atoms with van der Waals surface area (Å²) in [6, 6.07) is 3.67. The van der Waals surface area contributed by atoms with Crippen LogP contribution in [0.2, 0.25) is 0 Å². The number of nitrogens with one attached hydrogen (secondary N) is 1. The first-order chi connectivity index (χ1) is 6.27. The van der Waals surface area contributed by atoms with Crippen molar-refractivity contribution >= 4 is 21.8 Å². The van der Waals surface area contributed by atoms with Gasteiger partial charge in [0.2, 0.25) is 5.91 Å². The lowest BCUT2D eigenvalue weighted by molar-refractivity contribution is -0.119. The summed E-state index contributed by atoms with van der Waals surface area (Å²) < 4.78 is 5.20. The van der Waals surface area contributed by atoms with Gasteiger partial charge in [-0.05, 0) is 18.6 Å². The largest absolute Gasteiger partial charge is 0.467 e. The molecule has 0 saturated carbocycles. The van der Waals surface area contributed by atoms with Crippen molar-refractivity contribution in [3.05, 3.63) is 24.2 Å². The number of amides is 1. The monoisotopic (exact) mass is 245 g/mol. The maximum absolute atomic E-state index is 11.1. The van der Waals surface area contributed by atoms with Crippen molar-refractivity contribution in [1.82, 2.24) is 5.32 Å². The molecule has 0 aliphatic heterocycles. The Morgan fingerprint density at radius 1 is 1.77 bits per heavy atom. The van der Waals surface area contributed by atoms with Gasteiger partial charge >= 0.3 is 0 Å². The standard InChI is InChI=1S/C9H12BrNO2/c1-2-7(11-9(12)6-10)8-4-3-5-13-8/h3-5,7H,2,6H2,1H3,(H,11,12). The Bertz CT molecular complexity index is 259. The quantitative estimate of drug-likeness (QED) is 0.828. The molecule has 1 aromatic rings. The minimum absolute atomic E-state index is 0.0138. The zero-order valence-corrected chi connectivity index (χ0v) is 9.00. The van der Waals surface area contributed by atoms with Crippen LogP contribution >= 0.6 is 15.9 Å². The Kier molecular flexibility index (Phi) is 4.02. The summed E-state index contributed by atoms with van der Waals surface area (Å²) in [5.41, 5.74) is 0.